The molecule has 2 unspecified atom stereocenters. The summed E-state index contributed by atoms with van der Waals surface area (Å²) < 4.78 is 0. The van der Waals surface area contributed by atoms with Gasteiger partial charge in [0.05, 0.1) is 0 Å². The monoisotopic (exact) mass is 272 g/mol. The number of nitrogens with zero attached hydrogens (tertiary/aromatic N) is 1. The predicted molar refractivity (Wildman–Crippen MR) is 84.6 cm³/mol. The fourth-order valence-electron chi connectivity index (χ4n) is 3.31. The maximum atomic E-state index is 3.60. The molecule has 1 N–H and O–H groups in total. The van der Waals surface area contributed by atoms with Crippen LogP contribution in [0, 0.1) is 5.92 Å². The van der Waals surface area contributed by atoms with Crippen LogP contribution < -0.4 is 5.32 Å². The molecule has 2 fully saturated rings. The average Bonchev–Trinajstić information content (AvgIpc) is 3.24. The van der Waals surface area contributed by atoms with E-state index in [1.54, 1.807) is 0 Å². The Morgan fingerprint density at radius 2 is 1.95 bits per heavy atom. The van der Waals surface area contributed by atoms with Gasteiger partial charge in [-0.25, -0.2) is 0 Å². The molecule has 1 aromatic rings. The minimum atomic E-state index is 0.729. The topological polar surface area (TPSA) is 15.3 Å². The van der Waals surface area contributed by atoms with Crippen LogP contribution in [0.15, 0.2) is 24.3 Å². The van der Waals surface area contributed by atoms with Crippen molar-refractivity contribution in [3.05, 3.63) is 35.4 Å². The second-order valence-electron chi connectivity index (χ2n) is 6.92. The molecule has 1 heterocycles. The SMILES string of the molecule is CC1CCN(Cc2cccc(CNC3CC3)c2)C(C)C1. The molecule has 110 valence electrons. The number of hydrogen-bond acceptors (Lipinski definition) is 2. The van der Waals surface area contributed by atoms with Gasteiger partial charge in [0.25, 0.3) is 0 Å². The molecule has 0 bridgehead atoms. The molecule has 3 rings (SSSR count). The highest BCUT2D eigenvalue weighted by Gasteiger charge is 2.23. The minimum Gasteiger partial charge on any atom is -0.310 e. The molecule has 2 nitrogen and oxygen atoms in total. The van der Waals surface area contributed by atoms with Crippen LogP contribution in [-0.4, -0.2) is 23.5 Å². The van der Waals surface area contributed by atoms with Crippen LogP contribution in [0.4, 0.5) is 0 Å². The van der Waals surface area contributed by atoms with Crippen molar-refractivity contribution in [3.63, 3.8) is 0 Å². The fourth-order valence-corrected chi connectivity index (χ4v) is 3.31. The molecule has 1 aromatic carbocycles. The molecule has 0 spiro atoms. The zero-order valence-electron chi connectivity index (χ0n) is 12.9. The number of nitrogens with one attached hydrogen (secondary N) is 1. The molecule has 20 heavy (non-hydrogen) atoms. The molecule has 0 aromatic heterocycles. The molecule has 0 radical (unpaired) electrons. The molecule has 1 saturated heterocycles. The van der Waals surface area contributed by atoms with Crippen molar-refractivity contribution in [2.24, 2.45) is 5.92 Å². The van der Waals surface area contributed by atoms with Crippen molar-refractivity contribution in [2.45, 2.75) is 64.7 Å². The lowest BCUT2D eigenvalue weighted by molar-refractivity contribution is 0.122. The lowest BCUT2D eigenvalue weighted by Crippen LogP contribution is -2.39. The Morgan fingerprint density at radius 3 is 2.70 bits per heavy atom. The lowest BCUT2D eigenvalue weighted by Gasteiger charge is -2.36. The Bertz CT molecular complexity index is 439. The molecule has 0 amide bonds. The smallest absolute Gasteiger partial charge is 0.0236 e. The number of piperidine rings is 1. The molecule has 2 heteroatoms. The van der Waals surface area contributed by atoms with Crippen molar-refractivity contribution in [1.82, 2.24) is 10.2 Å². The van der Waals surface area contributed by atoms with Gasteiger partial charge in [-0.1, -0.05) is 31.2 Å². The van der Waals surface area contributed by atoms with Gasteiger partial charge in [0.2, 0.25) is 0 Å². The van der Waals surface area contributed by atoms with E-state index in [1.165, 1.54) is 43.4 Å². The first-order valence-electron chi connectivity index (χ1n) is 8.26. The van der Waals surface area contributed by atoms with Crippen molar-refractivity contribution in [3.8, 4) is 0 Å². The summed E-state index contributed by atoms with van der Waals surface area (Å²) in [5, 5.41) is 3.60. The van der Waals surface area contributed by atoms with Crippen LogP contribution in [0.2, 0.25) is 0 Å². The van der Waals surface area contributed by atoms with Crippen LogP contribution in [-0.2, 0) is 13.1 Å². The summed E-state index contributed by atoms with van der Waals surface area (Å²) in [4.78, 5) is 2.65. The molecular formula is C18H28N2. The Balaban J connectivity index is 1.57. The molecular weight excluding hydrogens is 244 g/mol. The first-order valence-corrected chi connectivity index (χ1v) is 8.26. The van der Waals surface area contributed by atoms with Crippen LogP contribution in [0.1, 0.15) is 50.7 Å². The van der Waals surface area contributed by atoms with Crippen molar-refractivity contribution >= 4 is 0 Å². The summed E-state index contributed by atoms with van der Waals surface area (Å²) in [6, 6.07) is 10.7. The molecule has 2 atom stereocenters. The molecule has 1 aliphatic heterocycles. The van der Waals surface area contributed by atoms with E-state index in [4.69, 9.17) is 0 Å². The van der Waals surface area contributed by atoms with Crippen LogP contribution in [0.3, 0.4) is 0 Å². The first kappa shape index (κ1) is 14.1. The van der Waals surface area contributed by atoms with E-state index in [1.807, 2.05) is 0 Å². The number of rotatable bonds is 5. The second kappa shape index (κ2) is 6.28. The zero-order valence-corrected chi connectivity index (χ0v) is 12.9. The summed E-state index contributed by atoms with van der Waals surface area (Å²) in [5.41, 5.74) is 2.91. The third-order valence-electron chi connectivity index (χ3n) is 4.83. The van der Waals surface area contributed by atoms with Gasteiger partial charge in [-0.15, -0.1) is 0 Å². The Kier molecular flexibility index (Phi) is 4.42. The molecule has 1 saturated carbocycles. The third-order valence-corrected chi connectivity index (χ3v) is 4.83. The third kappa shape index (κ3) is 3.83. The highest BCUT2D eigenvalue weighted by molar-refractivity contribution is 5.23. The van der Waals surface area contributed by atoms with E-state index in [0.29, 0.717) is 0 Å². The number of benzene rings is 1. The van der Waals surface area contributed by atoms with E-state index >= 15 is 0 Å². The normalized spacial score (nSPS) is 27.7. The largest absolute Gasteiger partial charge is 0.310 e. The standard InChI is InChI=1S/C18H28N2/c1-14-8-9-20(15(2)10-14)13-17-5-3-4-16(11-17)12-19-18-6-7-18/h3-5,11,14-15,18-19H,6-10,12-13H2,1-2H3. The maximum Gasteiger partial charge on any atom is 0.0236 e. The first-order chi connectivity index (χ1) is 9.70. The van der Waals surface area contributed by atoms with Crippen LogP contribution in [0.25, 0.3) is 0 Å². The van der Waals surface area contributed by atoms with E-state index in [-0.39, 0.29) is 0 Å². The Morgan fingerprint density at radius 1 is 1.15 bits per heavy atom. The van der Waals surface area contributed by atoms with Gasteiger partial charge in [-0.2, -0.15) is 0 Å². The van der Waals surface area contributed by atoms with Crippen molar-refractivity contribution < 1.29 is 0 Å². The average molecular weight is 272 g/mol. The van der Waals surface area contributed by atoms with Gasteiger partial charge in [-0.3, -0.25) is 4.90 Å². The Hall–Kier alpha value is -0.860. The predicted octanol–water partition coefficient (Wildman–Crippen LogP) is 3.56. The molecule has 1 aliphatic carbocycles. The quantitative estimate of drug-likeness (QED) is 0.881. The summed E-state index contributed by atoms with van der Waals surface area (Å²) in [6.07, 6.45) is 5.43. The number of likely N-dealkylation sites (tertiary alicyclic amines) is 1. The van der Waals surface area contributed by atoms with Crippen LogP contribution >= 0.6 is 0 Å². The minimum absolute atomic E-state index is 0.729. The summed E-state index contributed by atoms with van der Waals surface area (Å²) >= 11 is 0. The van der Waals surface area contributed by atoms with Gasteiger partial charge < -0.3 is 5.32 Å². The maximum absolute atomic E-state index is 3.60. The highest BCUT2D eigenvalue weighted by atomic mass is 15.2. The Labute approximate surface area is 123 Å². The summed E-state index contributed by atoms with van der Waals surface area (Å²) in [7, 11) is 0. The van der Waals surface area contributed by atoms with Gasteiger partial charge in [0, 0.05) is 25.2 Å². The van der Waals surface area contributed by atoms with E-state index in [9.17, 15) is 0 Å². The van der Waals surface area contributed by atoms with Gasteiger partial charge in [-0.05, 0) is 56.2 Å². The summed E-state index contributed by atoms with van der Waals surface area (Å²) in [6.45, 7) is 8.18. The lowest BCUT2D eigenvalue weighted by atomic mass is 9.93. The van der Waals surface area contributed by atoms with Crippen molar-refractivity contribution in [1.29, 1.82) is 0 Å². The van der Waals surface area contributed by atoms with Gasteiger partial charge >= 0.3 is 0 Å². The molecule has 2 aliphatic rings. The fraction of sp³-hybridized carbons (Fsp3) is 0.667. The van der Waals surface area contributed by atoms with Crippen molar-refractivity contribution in [2.75, 3.05) is 6.54 Å². The number of hydrogen-bond donors (Lipinski definition) is 1. The second-order valence-corrected chi connectivity index (χ2v) is 6.92. The van der Waals surface area contributed by atoms with Crippen LogP contribution in [0.5, 0.6) is 0 Å². The zero-order chi connectivity index (χ0) is 13.9. The van der Waals surface area contributed by atoms with E-state index in [2.05, 4.69) is 48.3 Å². The van der Waals surface area contributed by atoms with Gasteiger partial charge in [0.15, 0.2) is 0 Å². The summed E-state index contributed by atoms with van der Waals surface area (Å²) in [5.74, 6) is 0.898. The highest BCUT2D eigenvalue weighted by Crippen LogP contribution is 2.24. The van der Waals surface area contributed by atoms with E-state index in [0.717, 1.165) is 31.1 Å². The van der Waals surface area contributed by atoms with Gasteiger partial charge in [0.1, 0.15) is 0 Å². The van der Waals surface area contributed by atoms with E-state index < -0.39 is 0 Å².